The summed E-state index contributed by atoms with van der Waals surface area (Å²) >= 11 is 0. The van der Waals surface area contributed by atoms with Crippen LogP contribution in [0.3, 0.4) is 0 Å². The summed E-state index contributed by atoms with van der Waals surface area (Å²) < 4.78 is 0. The maximum Gasteiger partial charge on any atom is 0.185 e. The largest absolute Gasteiger partial charge is 0.378 e. The predicted molar refractivity (Wildman–Crippen MR) is 104 cm³/mol. The number of carbonyl (C=O) groups excluding carboxylic acids is 1. The van der Waals surface area contributed by atoms with E-state index in [2.05, 4.69) is 43.0 Å². The molecule has 0 spiro atoms. The normalized spacial score (nSPS) is 11.5. The van der Waals surface area contributed by atoms with Crippen molar-refractivity contribution < 1.29 is 4.79 Å². The molecule has 0 bridgehead atoms. The van der Waals surface area contributed by atoms with Crippen molar-refractivity contribution in [2.24, 2.45) is 0 Å². The Hall–Kier alpha value is -2.61. The highest BCUT2D eigenvalue weighted by Crippen LogP contribution is 2.15. The number of hydrogen-bond acceptors (Lipinski definition) is 2. The van der Waals surface area contributed by atoms with Gasteiger partial charge in [0.15, 0.2) is 5.78 Å². The Morgan fingerprint density at radius 3 is 2.08 bits per heavy atom. The van der Waals surface area contributed by atoms with Gasteiger partial charge in [-0.2, -0.15) is 0 Å². The molecule has 0 saturated heterocycles. The number of carbonyl (C=O) groups is 1. The van der Waals surface area contributed by atoms with Crippen LogP contribution in [0.4, 0.5) is 5.69 Å². The van der Waals surface area contributed by atoms with E-state index in [9.17, 15) is 4.79 Å². The molecule has 124 valence electrons. The SMILES string of the molecule is CC(C)c1ccc(C(=O)/C=C/C=C/c2ccc(N(C)C)cc2)cc1. The lowest BCUT2D eigenvalue weighted by molar-refractivity contribution is 0.104. The molecule has 2 rings (SSSR count). The average Bonchev–Trinajstić information content (AvgIpc) is 2.59. The smallest absolute Gasteiger partial charge is 0.185 e. The maximum absolute atomic E-state index is 12.1. The fraction of sp³-hybridized carbons (Fsp3) is 0.227. The number of nitrogens with zero attached hydrogens (tertiary/aromatic N) is 1. The van der Waals surface area contributed by atoms with Gasteiger partial charge in [0.25, 0.3) is 0 Å². The van der Waals surface area contributed by atoms with Gasteiger partial charge in [0, 0.05) is 25.3 Å². The second-order valence-corrected chi connectivity index (χ2v) is 6.35. The third kappa shape index (κ3) is 4.95. The van der Waals surface area contributed by atoms with Crippen LogP contribution in [0.15, 0.2) is 66.8 Å². The summed E-state index contributed by atoms with van der Waals surface area (Å²) in [6.07, 6.45) is 7.28. The van der Waals surface area contributed by atoms with Crippen molar-refractivity contribution in [2.75, 3.05) is 19.0 Å². The van der Waals surface area contributed by atoms with E-state index in [0.29, 0.717) is 5.92 Å². The second-order valence-electron chi connectivity index (χ2n) is 6.35. The molecule has 0 fully saturated rings. The minimum atomic E-state index is 0.0258. The van der Waals surface area contributed by atoms with Crippen LogP contribution >= 0.6 is 0 Å². The van der Waals surface area contributed by atoms with Crippen LogP contribution in [0.2, 0.25) is 0 Å². The van der Waals surface area contributed by atoms with Gasteiger partial charge in [-0.3, -0.25) is 4.79 Å². The van der Waals surface area contributed by atoms with E-state index in [1.807, 2.05) is 50.5 Å². The molecule has 0 aliphatic rings. The Labute approximate surface area is 145 Å². The van der Waals surface area contributed by atoms with Gasteiger partial charge in [-0.05, 0) is 35.3 Å². The molecule has 2 nitrogen and oxygen atoms in total. The quantitative estimate of drug-likeness (QED) is 0.407. The van der Waals surface area contributed by atoms with Crippen molar-refractivity contribution in [3.8, 4) is 0 Å². The summed E-state index contributed by atoms with van der Waals surface area (Å²) in [5.41, 5.74) is 4.25. The van der Waals surface area contributed by atoms with Crippen LogP contribution in [0.5, 0.6) is 0 Å². The molecule has 0 atom stereocenters. The first-order chi connectivity index (χ1) is 11.5. The standard InChI is InChI=1S/C22H25NO/c1-17(2)19-11-13-20(14-12-19)22(24)8-6-5-7-18-9-15-21(16-10-18)23(3)4/h5-17H,1-4H3/b7-5+,8-6+. The van der Waals surface area contributed by atoms with Crippen LogP contribution in [-0.2, 0) is 0 Å². The van der Waals surface area contributed by atoms with E-state index in [1.54, 1.807) is 12.2 Å². The van der Waals surface area contributed by atoms with Crippen molar-refractivity contribution in [1.29, 1.82) is 0 Å². The molecule has 0 aromatic heterocycles. The van der Waals surface area contributed by atoms with Crippen molar-refractivity contribution in [2.45, 2.75) is 19.8 Å². The zero-order valence-corrected chi connectivity index (χ0v) is 14.9. The second kappa shape index (κ2) is 8.30. The molecule has 2 aromatic rings. The van der Waals surface area contributed by atoms with E-state index < -0.39 is 0 Å². The van der Waals surface area contributed by atoms with E-state index in [0.717, 1.165) is 11.1 Å². The number of rotatable bonds is 6. The highest BCUT2D eigenvalue weighted by Gasteiger charge is 2.03. The highest BCUT2D eigenvalue weighted by atomic mass is 16.1. The van der Waals surface area contributed by atoms with Crippen LogP contribution in [-0.4, -0.2) is 19.9 Å². The van der Waals surface area contributed by atoms with Gasteiger partial charge in [0.1, 0.15) is 0 Å². The van der Waals surface area contributed by atoms with Crippen molar-refractivity contribution in [3.63, 3.8) is 0 Å². The van der Waals surface area contributed by atoms with Gasteiger partial charge in [0.2, 0.25) is 0 Å². The zero-order valence-electron chi connectivity index (χ0n) is 14.9. The Balaban J connectivity index is 1.96. The molecule has 0 saturated carbocycles. The van der Waals surface area contributed by atoms with E-state index in [-0.39, 0.29) is 5.78 Å². The minimum Gasteiger partial charge on any atom is -0.378 e. The first-order valence-electron chi connectivity index (χ1n) is 8.24. The van der Waals surface area contributed by atoms with Gasteiger partial charge < -0.3 is 4.90 Å². The van der Waals surface area contributed by atoms with Gasteiger partial charge in [-0.1, -0.05) is 68.5 Å². The predicted octanol–water partition coefficient (Wildman–Crippen LogP) is 5.33. The Morgan fingerprint density at radius 2 is 1.54 bits per heavy atom. The van der Waals surface area contributed by atoms with Gasteiger partial charge >= 0.3 is 0 Å². The Bertz CT molecular complexity index is 720. The number of allylic oxidation sites excluding steroid dienone is 3. The topological polar surface area (TPSA) is 20.3 Å². The molecule has 2 heteroatoms. The molecule has 0 radical (unpaired) electrons. The van der Waals surface area contributed by atoms with Gasteiger partial charge in [-0.15, -0.1) is 0 Å². The van der Waals surface area contributed by atoms with Crippen LogP contribution in [0, 0.1) is 0 Å². The lowest BCUT2D eigenvalue weighted by atomic mass is 10.0. The lowest BCUT2D eigenvalue weighted by Gasteiger charge is -2.11. The van der Waals surface area contributed by atoms with E-state index in [1.165, 1.54) is 11.3 Å². The molecule has 0 heterocycles. The molecule has 0 unspecified atom stereocenters. The molecular formula is C22H25NO. The third-order valence-corrected chi connectivity index (χ3v) is 3.92. The summed E-state index contributed by atoms with van der Waals surface area (Å²) in [6, 6.07) is 16.1. The molecule has 2 aromatic carbocycles. The zero-order chi connectivity index (χ0) is 17.5. The van der Waals surface area contributed by atoms with E-state index >= 15 is 0 Å². The number of benzene rings is 2. The minimum absolute atomic E-state index is 0.0258. The molecule has 0 N–H and O–H groups in total. The van der Waals surface area contributed by atoms with Crippen molar-refractivity contribution in [3.05, 3.63) is 83.4 Å². The molecule has 24 heavy (non-hydrogen) atoms. The van der Waals surface area contributed by atoms with Crippen LogP contribution in [0.25, 0.3) is 6.08 Å². The first kappa shape index (κ1) is 17.7. The van der Waals surface area contributed by atoms with Crippen molar-refractivity contribution >= 4 is 17.5 Å². The highest BCUT2D eigenvalue weighted by molar-refractivity contribution is 6.04. The molecule has 0 amide bonds. The summed E-state index contributed by atoms with van der Waals surface area (Å²) in [7, 11) is 4.04. The van der Waals surface area contributed by atoms with Crippen LogP contribution < -0.4 is 4.90 Å². The number of ketones is 1. The fourth-order valence-corrected chi connectivity index (χ4v) is 2.32. The average molecular weight is 319 g/mol. The van der Waals surface area contributed by atoms with Gasteiger partial charge in [0.05, 0.1) is 0 Å². The maximum atomic E-state index is 12.1. The first-order valence-corrected chi connectivity index (χ1v) is 8.24. The van der Waals surface area contributed by atoms with Crippen molar-refractivity contribution in [1.82, 2.24) is 0 Å². The summed E-state index contributed by atoms with van der Waals surface area (Å²) in [6.45, 7) is 4.29. The fourth-order valence-electron chi connectivity index (χ4n) is 2.32. The monoisotopic (exact) mass is 319 g/mol. The van der Waals surface area contributed by atoms with E-state index in [4.69, 9.17) is 0 Å². The molecule has 0 aliphatic carbocycles. The van der Waals surface area contributed by atoms with Crippen LogP contribution in [0.1, 0.15) is 41.3 Å². The summed E-state index contributed by atoms with van der Waals surface area (Å²) in [5, 5.41) is 0. The molecular weight excluding hydrogens is 294 g/mol. The lowest BCUT2D eigenvalue weighted by Crippen LogP contribution is -2.07. The number of anilines is 1. The Morgan fingerprint density at radius 1 is 0.917 bits per heavy atom. The van der Waals surface area contributed by atoms with Gasteiger partial charge in [-0.25, -0.2) is 0 Å². The Kier molecular flexibility index (Phi) is 6.14. The third-order valence-electron chi connectivity index (χ3n) is 3.92. The summed E-state index contributed by atoms with van der Waals surface area (Å²) in [4.78, 5) is 14.2. The molecule has 0 aliphatic heterocycles. The summed E-state index contributed by atoms with van der Waals surface area (Å²) in [5.74, 6) is 0.504. The number of hydrogen-bond donors (Lipinski definition) is 0.